The first-order valence-corrected chi connectivity index (χ1v) is 7.03. The Morgan fingerprint density at radius 2 is 2.05 bits per heavy atom. The van der Waals surface area contributed by atoms with Gasteiger partial charge in [-0.05, 0) is 12.8 Å². The summed E-state index contributed by atoms with van der Waals surface area (Å²) in [5.41, 5.74) is 5.81. The van der Waals surface area contributed by atoms with Gasteiger partial charge in [0, 0.05) is 18.4 Å². The highest BCUT2D eigenvalue weighted by Crippen LogP contribution is 2.17. The molecule has 2 rings (SSSR count). The smallest absolute Gasteiger partial charge is 0.319 e. The molecule has 1 aromatic heterocycles. The van der Waals surface area contributed by atoms with E-state index in [1.165, 1.54) is 38.1 Å². The standard InChI is InChI=1S/C13H21F2N5.HI/c14-12(15)20-8-7-17-11(20)9-18-13(16)19-10-5-3-1-2-4-6-10;/h7-8,10,12H,1-6,9H2,(H3,16,18,19);1H. The van der Waals surface area contributed by atoms with Gasteiger partial charge in [0.25, 0.3) is 0 Å². The van der Waals surface area contributed by atoms with E-state index in [2.05, 4.69) is 15.3 Å². The molecule has 0 saturated heterocycles. The minimum atomic E-state index is -2.60. The summed E-state index contributed by atoms with van der Waals surface area (Å²) in [5, 5.41) is 3.17. The average Bonchev–Trinajstić information content (AvgIpc) is 2.75. The highest BCUT2D eigenvalue weighted by atomic mass is 127. The van der Waals surface area contributed by atoms with E-state index in [0.717, 1.165) is 17.4 Å². The van der Waals surface area contributed by atoms with Crippen LogP contribution in [-0.4, -0.2) is 21.6 Å². The van der Waals surface area contributed by atoms with Crippen molar-refractivity contribution in [3.05, 3.63) is 18.2 Å². The van der Waals surface area contributed by atoms with Crippen molar-refractivity contribution < 1.29 is 8.78 Å². The molecule has 1 fully saturated rings. The van der Waals surface area contributed by atoms with Crippen LogP contribution in [0.15, 0.2) is 17.4 Å². The molecule has 1 aliphatic carbocycles. The lowest BCUT2D eigenvalue weighted by Gasteiger charge is -2.16. The number of aliphatic imine (C=N–C) groups is 1. The Morgan fingerprint density at radius 1 is 1.38 bits per heavy atom. The Kier molecular flexibility index (Phi) is 7.91. The van der Waals surface area contributed by atoms with Gasteiger partial charge in [-0.3, -0.25) is 4.57 Å². The van der Waals surface area contributed by atoms with E-state index in [1.807, 2.05) is 0 Å². The third kappa shape index (κ3) is 5.76. The molecule has 0 aromatic carbocycles. The van der Waals surface area contributed by atoms with Crippen molar-refractivity contribution in [2.75, 3.05) is 0 Å². The Labute approximate surface area is 140 Å². The summed E-state index contributed by atoms with van der Waals surface area (Å²) in [5.74, 6) is 0.520. The maximum Gasteiger partial charge on any atom is 0.319 e. The SMILES string of the molecule is I.NC(=NCc1nccn1C(F)F)NC1CCCCCC1. The summed E-state index contributed by atoms with van der Waals surface area (Å²) in [6.45, 7) is -2.54. The van der Waals surface area contributed by atoms with Gasteiger partial charge in [0.1, 0.15) is 12.4 Å². The van der Waals surface area contributed by atoms with Gasteiger partial charge in [-0.2, -0.15) is 8.78 Å². The van der Waals surface area contributed by atoms with E-state index in [-0.39, 0.29) is 36.3 Å². The zero-order valence-corrected chi connectivity index (χ0v) is 14.2. The first kappa shape index (κ1) is 18.1. The molecule has 5 nitrogen and oxygen atoms in total. The number of guanidine groups is 1. The third-order valence-electron chi connectivity index (χ3n) is 3.56. The molecule has 0 aliphatic heterocycles. The molecule has 21 heavy (non-hydrogen) atoms. The summed E-state index contributed by atoms with van der Waals surface area (Å²) >= 11 is 0. The van der Waals surface area contributed by atoms with Gasteiger partial charge in [0.05, 0.1) is 0 Å². The van der Waals surface area contributed by atoms with E-state index < -0.39 is 6.55 Å². The lowest BCUT2D eigenvalue weighted by Crippen LogP contribution is -2.39. The monoisotopic (exact) mass is 413 g/mol. The quantitative estimate of drug-likeness (QED) is 0.345. The molecular weight excluding hydrogens is 391 g/mol. The van der Waals surface area contributed by atoms with Crippen molar-refractivity contribution in [3.8, 4) is 0 Å². The van der Waals surface area contributed by atoms with Gasteiger partial charge in [-0.1, -0.05) is 25.7 Å². The molecule has 1 aromatic rings. The average molecular weight is 413 g/mol. The number of nitrogens with zero attached hydrogens (tertiary/aromatic N) is 3. The largest absolute Gasteiger partial charge is 0.370 e. The number of halogens is 3. The minimum Gasteiger partial charge on any atom is -0.370 e. The number of rotatable bonds is 4. The summed E-state index contributed by atoms with van der Waals surface area (Å²) < 4.78 is 26.1. The lowest BCUT2D eigenvalue weighted by molar-refractivity contribution is 0.0671. The normalized spacial score (nSPS) is 17.4. The van der Waals surface area contributed by atoms with Crippen molar-refractivity contribution >= 4 is 29.9 Å². The first-order chi connectivity index (χ1) is 9.66. The number of hydrogen-bond donors (Lipinski definition) is 2. The lowest BCUT2D eigenvalue weighted by atomic mass is 10.1. The Hall–Kier alpha value is -0.930. The van der Waals surface area contributed by atoms with Gasteiger partial charge in [-0.15, -0.1) is 24.0 Å². The van der Waals surface area contributed by atoms with Crippen molar-refractivity contribution in [2.24, 2.45) is 10.7 Å². The van der Waals surface area contributed by atoms with Crippen LogP contribution in [0.5, 0.6) is 0 Å². The molecular formula is C13H22F2IN5. The van der Waals surface area contributed by atoms with Crippen LogP contribution in [0.3, 0.4) is 0 Å². The van der Waals surface area contributed by atoms with Crippen LogP contribution < -0.4 is 11.1 Å². The summed E-state index contributed by atoms with van der Waals surface area (Å²) in [7, 11) is 0. The highest BCUT2D eigenvalue weighted by molar-refractivity contribution is 14.0. The summed E-state index contributed by atoms with van der Waals surface area (Å²) in [4.78, 5) is 7.96. The number of aromatic nitrogens is 2. The number of nitrogens with one attached hydrogen (secondary N) is 1. The molecule has 3 N–H and O–H groups in total. The molecule has 0 atom stereocenters. The fourth-order valence-electron chi connectivity index (χ4n) is 2.48. The first-order valence-electron chi connectivity index (χ1n) is 7.03. The number of imidazole rings is 1. The van der Waals surface area contributed by atoms with Crippen LogP contribution in [0, 0.1) is 0 Å². The predicted octanol–water partition coefficient (Wildman–Crippen LogP) is 3.02. The van der Waals surface area contributed by atoms with E-state index in [9.17, 15) is 8.78 Å². The van der Waals surface area contributed by atoms with Gasteiger partial charge in [0.2, 0.25) is 0 Å². The topological polar surface area (TPSA) is 68.2 Å². The molecule has 0 radical (unpaired) electrons. The predicted molar refractivity (Wildman–Crippen MR) is 88.8 cm³/mol. The molecule has 0 unspecified atom stereocenters. The van der Waals surface area contributed by atoms with E-state index in [4.69, 9.17) is 5.73 Å². The summed E-state index contributed by atoms with van der Waals surface area (Å²) in [6.07, 6.45) is 9.67. The summed E-state index contributed by atoms with van der Waals surface area (Å²) in [6, 6.07) is 0.344. The molecule has 1 saturated carbocycles. The second-order valence-electron chi connectivity index (χ2n) is 5.06. The second kappa shape index (κ2) is 9.16. The van der Waals surface area contributed by atoms with Crippen LogP contribution in [0.2, 0.25) is 0 Å². The Bertz CT molecular complexity index is 442. The Morgan fingerprint density at radius 3 is 2.67 bits per heavy atom. The maximum absolute atomic E-state index is 12.6. The second-order valence-corrected chi connectivity index (χ2v) is 5.06. The van der Waals surface area contributed by atoms with Crippen molar-refractivity contribution in [3.63, 3.8) is 0 Å². The van der Waals surface area contributed by atoms with E-state index in [1.54, 1.807) is 0 Å². The number of alkyl halides is 2. The van der Waals surface area contributed by atoms with Crippen LogP contribution in [-0.2, 0) is 6.54 Å². The van der Waals surface area contributed by atoms with Gasteiger partial charge in [-0.25, -0.2) is 9.98 Å². The van der Waals surface area contributed by atoms with Crippen molar-refractivity contribution in [1.82, 2.24) is 14.9 Å². The fraction of sp³-hybridized carbons (Fsp3) is 0.692. The fourth-order valence-corrected chi connectivity index (χ4v) is 2.48. The van der Waals surface area contributed by atoms with E-state index >= 15 is 0 Å². The van der Waals surface area contributed by atoms with Gasteiger partial charge >= 0.3 is 6.55 Å². The number of nitrogens with two attached hydrogens (primary N) is 1. The van der Waals surface area contributed by atoms with Crippen molar-refractivity contribution in [2.45, 2.75) is 57.7 Å². The van der Waals surface area contributed by atoms with Crippen LogP contribution in [0.1, 0.15) is 50.9 Å². The molecule has 0 bridgehead atoms. The third-order valence-corrected chi connectivity index (χ3v) is 3.56. The molecule has 0 spiro atoms. The maximum atomic E-state index is 12.6. The van der Waals surface area contributed by atoms with Crippen LogP contribution in [0.4, 0.5) is 8.78 Å². The van der Waals surface area contributed by atoms with Crippen LogP contribution >= 0.6 is 24.0 Å². The molecule has 1 aliphatic rings. The zero-order valence-electron chi connectivity index (χ0n) is 11.8. The highest BCUT2D eigenvalue weighted by Gasteiger charge is 2.13. The van der Waals surface area contributed by atoms with Crippen molar-refractivity contribution in [1.29, 1.82) is 0 Å². The molecule has 120 valence electrons. The van der Waals surface area contributed by atoms with Gasteiger partial charge < -0.3 is 11.1 Å². The molecule has 0 amide bonds. The zero-order chi connectivity index (χ0) is 14.4. The molecule has 1 heterocycles. The van der Waals surface area contributed by atoms with Gasteiger partial charge in [0.15, 0.2) is 5.96 Å². The van der Waals surface area contributed by atoms with E-state index in [0.29, 0.717) is 12.0 Å². The van der Waals surface area contributed by atoms with Crippen LogP contribution in [0.25, 0.3) is 0 Å². The minimum absolute atomic E-state index is 0. The molecule has 8 heteroatoms. The number of hydrogen-bond acceptors (Lipinski definition) is 2. The Balaban J connectivity index is 0.00000220.